The van der Waals surface area contributed by atoms with Gasteiger partial charge in [-0.1, -0.05) is 6.92 Å². The molecule has 0 aliphatic heterocycles. The average Bonchev–Trinajstić information content (AvgIpc) is 2.80. The maximum atomic E-state index is 13.3. The van der Waals surface area contributed by atoms with Crippen LogP contribution in [0.4, 0.5) is 10.1 Å². The Labute approximate surface area is 111 Å². The lowest BCUT2D eigenvalue weighted by Crippen LogP contribution is -2.10. The molecule has 0 saturated heterocycles. The van der Waals surface area contributed by atoms with Crippen molar-refractivity contribution in [2.75, 3.05) is 5.73 Å². The highest BCUT2D eigenvalue weighted by atomic mass is 19.1. The first-order valence-corrected chi connectivity index (χ1v) is 6.20. The van der Waals surface area contributed by atoms with Crippen LogP contribution in [0.15, 0.2) is 30.6 Å². The molecular weight excluding hydrogens is 245 g/mol. The van der Waals surface area contributed by atoms with Crippen LogP contribution >= 0.6 is 0 Å². The minimum atomic E-state index is -0.567. The molecule has 0 spiro atoms. The fraction of sp³-hybridized carbons (Fsp3) is 0.286. The third-order valence-corrected chi connectivity index (χ3v) is 2.91. The number of rotatable bonds is 5. The van der Waals surface area contributed by atoms with E-state index in [1.807, 2.05) is 10.8 Å². The van der Waals surface area contributed by atoms with Crippen molar-refractivity contribution in [1.29, 1.82) is 0 Å². The summed E-state index contributed by atoms with van der Waals surface area (Å²) in [5.74, 6) is -0.0331. The molecule has 100 valence electrons. The predicted molar refractivity (Wildman–Crippen MR) is 71.4 cm³/mol. The molecule has 1 aromatic heterocycles. The van der Waals surface area contributed by atoms with Gasteiger partial charge in [0.1, 0.15) is 11.6 Å². The Morgan fingerprint density at radius 2 is 2.26 bits per heavy atom. The number of aromatic nitrogens is 2. The number of carbonyl (C=O) groups excluding carboxylic acids is 1. The first-order chi connectivity index (χ1) is 9.11. The number of imidazole rings is 1. The van der Waals surface area contributed by atoms with Gasteiger partial charge in [0.25, 0.3) is 0 Å². The Morgan fingerprint density at radius 1 is 1.47 bits per heavy atom. The summed E-state index contributed by atoms with van der Waals surface area (Å²) in [6.07, 6.45) is 4.64. The van der Waals surface area contributed by atoms with Crippen LogP contribution in [-0.4, -0.2) is 15.3 Å². The maximum absolute atomic E-state index is 13.3. The smallest absolute Gasteiger partial charge is 0.170 e. The zero-order valence-electron chi connectivity index (χ0n) is 10.8. The molecule has 1 aromatic carbocycles. The number of Topliss-reactive ketones (excluding diaryl/α,β-unsaturated/α-hetero) is 1. The quantitative estimate of drug-likeness (QED) is 0.664. The Balaban J connectivity index is 2.16. The highest BCUT2D eigenvalue weighted by Gasteiger charge is 2.12. The molecule has 2 N–H and O–H groups in total. The first kappa shape index (κ1) is 13.3. The molecular formula is C14H16FN3O. The molecule has 0 saturated carbocycles. The summed E-state index contributed by atoms with van der Waals surface area (Å²) in [5.41, 5.74) is 5.75. The topological polar surface area (TPSA) is 60.9 Å². The van der Waals surface area contributed by atoms with Crippen LogP contribution in [0.2, 0.25) is 0 Å². The molecule has 5 heteroatoms. The first-order valence-electron chi connectivity index (χ1n) is 6.20. The summed E-state index contributed by atoms with van der Waals surface area (Å²) in [6, 6.07) is 4.11. The zero-order valence-corrected chi connectivity index (χ0v) is 10.8. The molecule has 0 amide bonds. The van der Waals surface area contributed by atoms with Crippen molar-refractivity contribution in [3.8, 4) is 0 Å². The summed E-state index contributed by atoms with van der Waals surface area (Å²) in [6.45, 7) is 2.87. The molecule has 0 aliphatic carbocycles. The number of anilines is 1. The van der Waals surface area contributed by atoms with Gasteiger partial charge in [-0.15, -0.1) is 0 Å². The zero-order chi connectivity index (χ0) is 13.8. The van der Waals surface area contributed by atoms with Gasteiger partial charge in [0.2, 0.25) is 0 Å². The minimum Gasteiger partial charge on any atom is -0.396 e. The van der Waals surface area contributed by atoms with Gasteiger partial charge < -0.3 is 10.3 Å². The molecule has 1 heterocycles. The summed E-state index contributed by atoms with van der Waals surface area (Å²) in [5, 5.41) is 0. The lowest BCUT2D eigenvalue weighted by molar-refractivity contribution is 0.0989. The molecule has 0 bridgehead atoms. The Kier molecular flexibility index (Phi) is 3.94. The van der Waals surface area contributed by atoms with E-state index in [2.05, 4.69) is 11.9 Å². The van der Waals surface area contributed by atoms with E-state index >= 15 is 0 Å². The average molecular weight is 261 g/mol. The Hall–Kier alpha value is -2.17. The lowest BCUT2D eigenvalue weighted by atomic mass is 10.1. The van der Waals surface area contributed by atoms with Crippen molar-refractivity contribution in [2.45, 2.75) is 26.3 Å². The lowest BCUT2D eigenvalue weighted by Gasteiger charge is -2.06. The molecule has 4 nitrogen and oxygen atoms in total. The predicted octanol–water partition coefficient (Wildman–Crippen LogP) is 2.44. The number of nitrogen functional groups attached to an aromatic ring is 1. The minimum absolute atomic E-state index is 0.0454. The second-order valence-corrected chi connectivity index (χ2v) is 4.37. The number of ketones is 1. The van der Waals surface area contributed by atoms with Crippen LogP contribution in [-0.2, 0) is 13.0 Å². The molecule has 0 atom stereocenters. The number of aryl methyl sites for hydroxylation is 1. The van der Waals surface area contributed by atoms with Gasteiger partial charge in [0.05, 0.1) is 12.1 Å². The molecule has 2 aromatic rings. The van der Waals surface area contributed by atoms with Crippen molar-refractivity contribution in [1.82, 2.24) is 9.55 Å². The van der Waals surface area contributed by atoms with Gasteiger partial charge in [-0.2, -0.15) is 0 Å². The number of nitrogens with two attached hydrogens (primary N) is 1. The van der Waals surface area contributed by atoms with Gasteiger partial charge in [0.15, 0.2) is 5.78 Å². The van der Waals surface area contributed by atoms with Crippen LogP contribution in [0.1, 0.15) is 29.5 Å². The third kappa shape index (κ3) is 2.99. The fourth-order valence-electron chi connectivity index (χ4n) is 1.90. The summed E-state index contributed by atoms with van der Waals surface area (Å²) in [4.78, 5) is 16.2. The van der Waals surface area contributed by atoms with Crippen molar-refractivity contribution in [3.63, 3.8) is 0 Å². The molecule has 0 aliphatic rings. The third-order valence-electron chi connectivity index (χ3n) is 2.91. The number of benzene rings is 1. The van der Waals surface area contributed by atoms with Crippen LogP contribution in [0, 0.1) is 5.82 Å². The SMILES string of the molecule is CCCn1ccnc1CC(=O)c1ccc(N)c(F)c1. The van der Waals surface area contributed by atoms with E-state index in [0.29, 0.717) is 11.4 Å². The van der Waals surface area contributed by atoms with E-state index in [9.17, 15) is 9.18 Å². The molecule has 0 fully saturated rings. The largest absolute Gasteiger partial charge is 0.396 e. The van der Waals surface area contributed by atoms with E-state index in [4.69, 9.17) is 5.73 Å². The van der Waals surface area contributed by atoms with Crippen molar-refractivity contribution >= 4 is 11.5 Å². The van der Waals surface area contributed by atoms with Crippen LogP contribution < -0.4 is 5.73 Å². The summed E-state index contributed by atoms with van der Waals surface area (Å²) >= 11 is 0. The van der Waals surface area contributed by atoms with Crippen molar-refractivity contribution in [3.05, 3.63) is 47.8 Å². The van der Waals surface area contributed by atoms with E-state index in [0.717, 1.165) is 13.0 Å². The number of carbonyl (C=O) groups is 1. The fourth-order valence-corrected chi connectivity index (χ4v) is 1.90. The normalized spacial score (nSPS) is 10.6. The molecule has 0 unspecified atom stereocenters. The molecule has 2 rings (SSSR count). The van der Waals surface area contributed by atoms with E-state index < -0.39 is 5.82 Å². The van der Waals surface area contributed by atoms with Crippen molar-refractivity contribution < 1.29 is 9.18 Å². The van der Waals surface area contributed by atoms with E-state index in [1.54, 1.807) is 6.20 Å². The van der Waals surface area contributed by atoms with Crippen LogP contribution in [0.25, 0.3) is 0 Å². The Bertz CT molecular complexity index is 592. The highest BCUT2D eigenvalue weighted by Crippen LogP contribution is 2.14. The standard InChI is InChI=1S/C14H16FN3O/c1-2-6-18-7-5-17-14(18)9-13(19)10-3-4-12(16)11(15)8-10/h3-5,7-8H,2,6,9,16H2,1H3. The number of nitrogens with zero attached hydrogens (tertiary/aromatic N) is 2. The van der Waals surface area contributed by atoms with Gasteiger partial charge in [0, 0.05) is 24.5 Å². The molecule has 19 heavy (non-hydrogen) atoms. The van der Waals surface area contributed by atoms with Crippen molar-refractivity contribution in [2.24, 2.45) is 0 Å². The molecule has 0 radical (unpaired) electrons. The van der Waals surface area contributed by atoms with Gasteiger partial charge in [-0.3, -0.25) is 4.79 Å². The van der Waals surface area contributed by atoms with Gasteiger partial charge in [-0.05, 0) is 24.6 Å². The van der Waals surface area contributed by atoms with Crippen LogP contribution in [0.5, 0.6) is 0 Å². The monoisotopic (exact) mass is 261 g/mol. The van der Waals surface area contributed by atoms with Crippen LogP contribution in [0.3, 0.4) is 0 Å². The Morgan fingerprint density at radius 3 is 2.95 bits per heavy atom. The van der Waals surface area contributed by atoms with Gasteiger partial charge in [-0.25, -0.2) is 9.37 Å². The van der Waals surface area contributed by atoms with E-state index in [-0.39, 0.29) is 17.9 Å². The van der Waals surface area contributed by atoms with Gasteiger partial charge >= 0.3 is 0 Å². The number of halogens is 1. The number of hydrogen-bond acceptors (Lipinski definition) is 3. The second kappa shape index (κ2) is 5.65. The summed E-state index contributed by atoms with van der Waals surface area (Å²) in [7, 11) is 0. The van der Waals surface area contributed by atoms with E-state index in [1.165, 1.54) is 18.2 Å². The number of hydrogen-bond donors (Lipinski definition) is 1. The second-order valence-electron chi connectivity index (χ2n) is 4.37. The maximum Gasteiger partial charge on any atom is 0.170 e. The highest BCUT2D eigenvalue weighted by molar-refractivity contribution is 5.97. The summed E-state index contributed by atoms with van der Waals surface area (Å²) < 4.78 is 15.3.